The lowest BCUT2D eigenvalue weighted by Crippen LogP contribution is -2.28. The maximum Gasteiger partial charge on any atom is 0.252 e. The summed E-state index contributed by atoms with van der Waals surface area (Å²) in [6.45, 7) is 4.73. The van der Waals surface area contributed by atoms with Gasteiger partial charge in [-0.1, -0.05) is 30.3 Å². The standard InChI is InChI=1S/C19H20N2O3/c1-12(15-7-6-8-16(11-15)21-14(3)23)20-19(24)18-10-5-4-9-17(18)13(2)22/h4-12H,1-3H3,(H,20,24)(H,21,23)/t12-/m0/s1. The summed E-state index contributed by atoms with van der Waals surface area (Å²) in [7, 11) is 0. The quantitative estimate of drug-likeness (QED) is 0.828. The van der Waals surface area contributed by atoms with Gasteiger partial charge in [-0.3, -0.25) is 14.4 Å². The fourth-order valence-corrected chi connectivity index (χ4v) is 2.43. The molecule has 0 bridgehead atoms. The molecule has 0 fully saturated rings. The monoisotopic (exact) mass is 324 g/mol. The van der Waals surface area contributed by atoms with Crippen LogP contribution in [0.4, 0.5) is 5.69 Å². The molecule has 0 spiro atoms. The van der Waals surface area contributed by atoms with Crippen molar-refractivity contribution in [1.29, 1.82) is 0 Å². The molecule has 2 amide bonds. The summed E-state index contributed by atoms with van der Waals surface area (Å²) in [4.78, 5) is 35.3. The van der Waals surface area contributed by atoms with Crippen molar-refractivity contribution < 1.29 is 14.4 Å². The van der Waals surface area contributed by atoms with Gasteiger partial charge in [0.15, 0.2) is 5.78 Å². The Morgan fingerprint density at radius 2 is 1.58 bits per heavy atom. The third-order valence-corrected chi connectivity index (χ3v) is 3.61. The molecule has 2 aromatic carbocycles. The molecule has 0 aliphatic carbocycles. The summed E-state index contributed by atoms with van der Waals surface area (Å²) < 4.78 is 0. The number of ketones is 1. The lowest BCUT2D eigenvalue weighted by Gasteiger charge is -2.16. The number of hydrogen-bond donors (Lipinski definition) is 2. The number of anilines is 1. The first-order chi connectivity index (χ1) is 11.4. The van der Waals surface area contributed by atoms with Crippen molar-refractivity contribution in [2.45, 2.75) is 26.8 Å². The van der Waals surface area contributed by atoms with Crippen LogP contribution in [-0.4, -0.2) is 17.6 Å². The largest absolute Gasteiger partial charge is 0.345 e. The van der Waals surface area contributed by atoms with E-state index in [0.717, 1.165) is 5.56 Å². The van der Waals surface area contributed by atoms with Gasteiger partial charge >= 0.3 is 0 Å². The Balaban J connectivity index is 2.18. The van der Waals surface area contributed by atoms with Gasteiger partial charge in [-0.25, -0.2) is 0 Å². The Kier molecular flexibility index (Phi) is 5.47. The number of benzene rings is 2. The first-order valence-corrected chi connectivity index (χ1v) is 7.67. The molecule has 0 radical (unpaired) electrons. The van der Waals surface area contributed by atoms with E-state index >= 15 is 0 Å². The molecule has 0 aliphatic rings. The summed E-state index contributed by atoms with van der Waals surface area (Å²) in [5.74, 6) is -0.612. The Bertz CT molecular complexity index is 784. The maximum absolute atomic E-state index is 12.5. The van der Waals surface area contributed by atoms with Crippen molar-refractivity contribution in [3.8, 4) is 0 Å². The second kappa shape index (κ2) is 7.55. The van der Waals surface area contributed by atoms with E-state index in [4.69, 9.17) is 0 Å². The van der Waals surface area contributed by atoms with Crippen LogP contribution in [0.2, 0.25) is 0 Å². The minimum Gasteiger partial charge on any atom is -0.345 e. The van der Waals surface area contributed by atoms with Crippen LogP contribution in [0.5, 0.6) is 0 Å². The molecule has 2 rings (SSSR count). The van der Waals surface area contributed by atoms with Crippen molar-refractivity contribution in [2.24, 2.45) is 0 Å². The van der Waals surface area contributed by atoms with Gasteiger partial charge in [-0.2, -0.15) is 0 Å². The molecular weight excluding hydrogens is 304 g/mol. The van der Waals surface area contributed by atoms with E-state index < -0.39 is 0 Å². The highest BCUT2D eigenvalue weighted by Gasteiger charge is 2.16. The molecule has 5 heteroatoms. The van der Waals surface area contributed by atoms with Crippen LogP contribution in [-0.2, 0) is 4.79 Å². The van der Waals surface area contributed by atoms with Gasteiger partial charge in [-0.15, -0.1) is 0 Å². The van der Waals surface area contributed by atoms with Crippen LogP contribution < -0.4 is 10.6 Å². The number of carbonyl (C=O) groups excluding carboxylic acids is 3. The van der Waals surface area contributed by atoms with Gasteiger partial charge in [0, 0.05) is 18.2 Å². The SMILES string of the molecule is CC(=O)Nc1cccc([C@H](C)NC(=O)c2ccccc2C(C)=O)c1. The van der Waals surface area contributed by atoms with E-state index in [9.17, 15) is 14.4 Å². The molecule has 24 heavy (non-hydrogen) atoms. The van der Waals surface area contributed by atoms with Gasteiger partial charge in [0.1, 0.15) is 0 Å². The van der Waals surface area contributed by atoms with Crippen molar-refractivity contribution >= 4 is 23.3 Å². The van der Waals surface area contributed by atoms with Crippen LogP contribution in [0.15, 0.2) is 48.5 Å². The summed E-state index contributed by atoms with van der Waals surface area (Å²) in [6.07, 6.45) is 0. The van der Waals surface area contributed by atoms with Crippen LogP contribution >= 0.6 is 0 Å². The Labute approximate surface area is 141 Å². The molecule has 2 N–H and O–H groups in total. The third-order valence-electron chi connectivity index (χ3n) is 3.61. The molecule has 2 aromatic rings. The number of Topliss-reactive ketones (excluding diaryl/α,β-unsaturated/α-hetero) is 1. The van der Waals surface area contributed by atoms with Gasteiger partial charge in [0.25, 0.3) is 5.91 Å². The van der Waals surface area contributed by atoms with E-state index in [2.05, 4.69) is 10.6 Å². The molecule has 0 aliphatic heterocycles. The average Bonchev–Trinajstić information content (AvgIpc) is 2.54. The van der Waals surface area contributed by atoms with Crippen LogP contribution in [0.25, 0.3) is 0 Å². The Morgan fingerprint density at radius 1 is 0.917 bits per heavy atom. The normalized spacial score (nSPS) is 11.5. The zero-order chi connectivity index (χ0) is 17.7. The summed E-state index contributed by atoms with van der Waals surface area (Å²) in [6, 6.07) is 13.7. The molecule has 0 unspecified atom stereocenters. The highest BCUT2D eigenvalue weighted by molar-refractivity contribution is 6.07. The second-order valence-electron chi connectivity index (χ2n) is 5.60. The molecular formula is C19H20N2O3. The summed E-state index contributed by atoms with van der Waals surface area (Å²) in [5.41, 5.74) is 2.28. The third kappa shape index (κ3) is 4.29. The number of nitrogens with one attached hydrogen (secondary N) is 2. The molecule has 0 aromatic heterocycles. The lowest BCUT2D eigenvalue weighted by molar-refractivity contribution is -0.114. The van der Waals surface area contributed by atoms with Crippen LogP contribution in [0.3, 0.4) is 0 Å². The maximum atomic E-state index is 12.5. The second-order valence-corrected chi connectivity index (χ2v) is 5.60. The number of carbonyl (C=O) groups is 3. The molecule has 0 heterocycles. The first-order valence-electron chi connectivity index (χ1n) is 7.67. The van der Waals surface area contributed by atoms with Crippen molar-refractivity contribution in [1.82, 2.24) is 5.32 Å². The highest BCUT2D eigenvalue weighted by atomic mass is 16.2. The first kappa shape index (κ1) is 17.4. The molecule has 124 valence electrons. The Morgan fingerprint density at radius 3 is 2.21 bits per heavy atom. The fraction of sp³-hybridized carbons (Fsp3) is 0.211. The smallest absolute Gasteiger partial charge is 0.252 e. The predicted molar refractivity (Wildman–Crippen MR) is 93.1 cm³/mol. The van der Waals surface area contributed by atoms with Gasteiger partial charge in [-0.05, 0) is 37.6 Å². The van der Waals surface area contributed by atoms with Crippen LogP contribution in [0, 0.1) is 0 Å². The zero-order valence-corrected chi connectivity index (χ0v) is 13.9. The minimum atomic E-state index is -0.307. The highest BCUT2D eigenvalue weighted by Crippen LogP contribution is 2.19. The number of hydrogen-bond acceptors (Lipinski definition) is 3. The lowest BCUT2D eigenvalue weighted by atomic mass is 10.0. The summed E-state index contributed by atoms with van der Waals surface area (Å²) in [5, 5.41) is 5.60. The van der Waals surface area contributed by atoms with Gasteiger partial charge < -0.3 is 10.6 Å². The molecule has 5 nitrogen and oxygen atoms in total. The van der Waals surface area contributed by atoms with Gasteiger partial charge in [0.2, 0.25) is 5.91 Å². The van der Waals surface area contributed by atoms with Crippen molar-refractivity contribution in [2.75, 3.05) is 5.32 Å². The average molecular weight is 324 g/mol. The van der Waals surface area contributed by atoms with E-state index in [1.807, 2.05) is 25.1 Å². The zero-order valence-electron chi connectivity index (χ0n) is 13.9. The van der Waals surface area contributed by atoms with E-state index in [0.29, 0.717) is 16.8 Å². The molecule has 0 saturated carbocycles. The number of rotatable bonds is 5. The van der Waals surface area contributed by atoms with Crippen molar-refractivity contribution in [3.63, 3.8) is 0 Å². The fourth-order valence-electron chi connectivity index (χ4n) is 2.43. The van der Waals surface area contributed by atoms with Crippen molar-refractivity contribution in [3.05, 3.63) is 65.2 Å². The summed E-state index contributed by atoms with van der Waals surface area (Å²) >= 11 is 0. The number of amides is 2. The van der Waals surface area contributed by atoms with Crippen LogP contribution in [0.1, 0.15) is 53.1 Å². The van der Waals surface area contributed by atoms with E-state index in [1.165, 1.54) is 13.8 Å². The van der Waals surface area contributed by atoms with Gasteiger partial charge in [0.05, 0.1) is 11.6 Å². The molecule has 1 atom stereocenters. The Hall–Kier alpha value is -2.95. The predicted octanol–water partition coefficient (Wildman–Crippen LogP) is 3.34. The topological polar surface area (TPSA) is 75.3 Å². The molecule has 0 saturated heterocycles. The minimum absolute atomic E-state index is 0.152. The van der Waals surface area contributed by atoms with E-state index in [-0.39, 0.29) is 23.6 Å². The van der Waals surface area contributed by atoms with E-state index in [1.54, 1.807) is 30.3 Å².